The maximum atomic E-state index is 11.2. The van der Waals surface area contributed by atoms with Crippen molar-refractivity contribution in [1.29, 1.82) is 0 Å². The molecule has 2 amide bonds. The molecule has 1 aliphatic carbocycles. The Balaban J connectivity index is 2.27. The Hall–Kier alpha value is -1.10. The van der Waals surface area contributed by atoms with E-state index in [0.29, 0.717) is 6.42 Å². The number of rotatable bonds is 4. The molecule has 0 radical (unpaired) electrons. The number of aliphatic hydroxyl groups is 1. The monoisotopic (exact) mass is 200 g/mol. The minimum absolute atomic E-state index is 0.140. The first kappa shape index (κ1) is 11.0. The van der Waals surface area contributed by atoms with Gasteiger partial charge in [-0.25, -0.2) is 0 Å². The molecule has 1 rings (SSSR count). The molecular weight excluding hydrogens is 184 g/mol. The van der Waals surface area contributed by atoms with E-state index in [4.69, 9.17) is 5.11 Å². The molecule has 1 aliphatic rings. The summed E-state index contributed by atoms with van der Waals surface area (Å²) in [6, 6.07) is -0.144. The third-order valence-corrected chi connectivity index (χ3v) is 2.17. The molecule has 0 aromatic carbocycles. The van der Waals surface area contributed by atoms with Gasteiger partial charge in [-0.1, -0.05) is 6.92 Å². The summed E-state index contributed by atoms with van der Waals surface area (Å²) in [5, 5.41) is 13.8. The van der Waals surface area contributed by atoms with Crippen LogP contribution >= 0.6 is 0 Å². The predicted octanol–water partition coefficient (Wildman–Crippen LogP) is -0.848. The number of hydrogen-bond donors (Lipinski definition) is 3. The largest absolute Gasteiger partial charge is 0.394 e. The number of nitrogens with one attached hydrogen (secondary N) is 2. The van der Waals surface area contributed by atoms with E-state index >= 15 is 0 Å². The molecule has 0 heterocycles. The highest BCUT2D eigenvalue weighted by molar-refractivity contribution is 6.35. The Labute approximate surface area is 82.9 Å². The van der Waals surface area contributed by atoms with Crippen molar-refractivity contribution < 1.29 is 14.7 Å². The van der Waals surface area contributed by atoms with Crippen molar-refractivity contribution >= 4 is 11.8 Å². The van der Waals surface area contributed by atoms with E-state index < -0.39 is 11.8 Å². The lowest BCUT2D eigenvalue weighted by atomic mass is 10.2. The summed E-state index contributed by atoms with van der Waals surface area (Å²) >= 11 is 0. The van der Waals surface area contributed by atoms with E-state index in [1.165, 1.54) is 0 Å². The summed E-state index contributed by atoms with van der Waals surface area (Å²) < 4.78 is 0. The van der Waals surface area contributed by atoms with E-state index in [2.05, 4.69) is 10.6 Å². The lowest BCUT2D eigenvalue weighted by Crippen LogP contribution is -2.46. The number of amides is 2. The van der Waals surface area contributed by atoms with E-state index in [9.17, 15) is 9.59 Å². The number of aliphatic hydroxyl groups excluding tert-OH is 1. The van der Waals surface area contributed by atoms with Crippen LogP contribution in [0.4, 0.5) is 0 Å². The molecule has 5 nitrogen and oxygen atoms in total. The van der Waals surface area contributed by atoms with E-state index in [0.717, 1.165) is 12.8 Å². The second-order valence-electron chi connectivity index (χ2n) is 3.51. The standard InChI is InChI=1S/C9H16N2O3/c1-2-6(5-12)10-8(13)9(14)11-7-3-4-7/h6-7,12H,2-5H2,1H3,(H,10,13)(H,11,14)/t6-/m0/s1. The third-order valence-electron chi connectivity index (χ3n) is 2.17. The minimum atomic E-state index is -0.655. The van der Waals surface area contributed by atoms with Gasteiger partial charge in [0.2, 0.25) is 0 Å². The maximum absolute atomic E-state index is 11.2. The van der Waals surface area contributed by atoms with Crippen molar-refractivity contribution in [2.45, 2.75) is 38.3 Å². The van der Waals surface area contributed by atoms with Crippen LogP contribution in [0.5, 0.6) is 0 Å². The second-order valence-corrected chi connectivity index (χ2v) is 3.51. The number of carbonyl (C=O) groups excluding carboxylic acids is 2. The highest BCUT2D eigenvalue weighted by Gasteiger charge is 2.26. The topological polar surface area (TPSA) is 78.4 Å². The fourth-order valence-corrected chi connectivity index (χ4v) is 1.01. The zero-order chi connectivity index (χ0) is 10.6. The zero-order valence-electron chi connectivity index (χ0n) is 8.25. The van der Waals surface area contributed by atoms with Gasteiger partial charge in [0.1, 0.15) is 0 Å². The van der Waals surface area contributed by atoms with Gasteiger partial charge < -0.3 is 15.7 Å². The highest BCUT2D eigenvalue weighted by atomic mass is 16.3. The molecule has 0 spiro atoms. The maximum Gasteiger partial charge on any atom is 0.309 e. The van der Waals surface area contributed by atoms with Gasteiger partial charge in [-0.15, -0.1) is 0 Å². The van der Waals surface area contributed by atoms with Crippen LogP contribution in [0.15, 0.2) is 0 Å². The first-order valence-electron chi connectivity index (χ1n) is 4.89. The normalized spacial score (nSPS) is 17.3. The molecule has 0 aliphatic heterocycles. The molecule has 0 unspecified atom stereocenters. The SMILES string of the molecule is CC[C@@H](CO)NC(=O)C(=O)NC1CC1. The van der Waals surface area contributed by atoms with Crippen LogP contribution in [-0.4, -0.2) is 35.6 Å². The zero-order valence-corrected chi connectivity index (χ0v) is 8.25. The quantitative estimate of drug-likeness (QED) is 0.517. The van der Waals surface area contributed by atoms with Gasteiger partial charge in [0.05, 0.1) is 12.6 Å². The van der Waals surface area contributed by atoms with Crippen molar-refractivity contribution in [2.24, 2.45) is 0 Å². The van der Waals surface area contributed by atoms with Crippen LogP contribution in [-0.2, 0) is 9.59 Å². The molecule has 0 aromatic heterocycles. The van der Waals surface area contributed by atoms with Crippen LogP contribution in [0.2, 0.25) is 0 Å². The minimum Gasteiger partial charge on any atom is -0.394 e. The van der Waals surface area contributed by atoms with Crippen molar-refractivity contribution in [2.75, 3.05) is 6.61 Å². The molecule has 0 aromatic rings. The number of hydrogen-bond acceptors (Lipinski definition) is 3. The molecule has 0 bridgehead atoms. The van der Waals surface area contributed by atoms with Gasteiger partial charge in [-0.2, -0.15) is 0 Å². The van der Waals surface area contributed by atoms with Crippen LogP contribution in [0.1, 0.15) is 26.2 Å². The average molecular weight is 200 g/mol. The van der Waals surface area contributed by atoms with Crippen molar-refractivity contribution in [1.82, 2.24) is 10.6 Å². The van der Waals surface area contributed by atoms with Crippen molar-refractivity contribution in [3.63, 3.8) is 0 Å². The van der Waals surface area contributed by atoms with Crippen LogP contribution in [0, 0.1) is 0 Å². The summed E-state index contributed by atoms with van der Waals surface area (Å²) in [5.41, 5.74) is 0. The Morgan fingerprint density at radius 3 is 2.50 bits per heavy atom. The Kier molecular flexibility index (Phi) is 3.88. The van der Waals surface area contributed by atoms with Gasteiger partial charge in [0, 0.05) is 6.04 Å². The molecule has 3 N–H and O–H groups in total. The Morgan fingerprint density at radius 2 is 2.07 bits per heavy atom. The lowest BCUT2D eigenvalue weighted by Gasteiger charge is -2.13. The summed E-state index contributed by atoms with van der Waals surface area (Å²) in [5.74, 6) is -1.25. The Morgan fingerprint density at radius 1 is 1.43 bits per heavy atom. The van der Waals surface area contributed by atoms with Crippen molar-refractivity contribution in [3.05, 3.63) is 0 Å². The fourth-order valence-electron chi connectivity index (χ4n) is 1.01. The van der Waals surface area contributed by atoms with Gasteiger partial charge in [0.15, 0.2) is 0 Å². The molecule has 1 fully saturated rings. The van der Waals surface area contributed by atoms with Crippen LogP contribution < -0.4 is 10.6 Å². The predicted molar refractivity (Wildman–Crippen MR) is 50.5 cm³/mol. The molecule has 0 saturated heterocycles. The number of carbonyl (C=O) groups is 2. The first-order valence-corrected chi connectivity index (χ1v) is 4.89. The molecule has 14 heavy (non-hydrogen) atoms. The van der Waals surface area contributed by atoms with Gasteiger partial charge in [0.25, 0.3) is 0 Å². The van der Waals surface area contributed by atoms with Gasteiger partial charge >= 0.3 is 11.8 Å². The molecule has 80 valence electrons. The van der Waals surface area contributed by atoms with Crippen LogP contribution in [0.3, 0.4) is 0 Å². The summed E-state index contributed by atoms with van der Waals surface area (Å²) in [6.45, 7) is 1.69. The van der Waals surface area contributed by atoms with Gasteiger partial charge in [-0.05, 0) is 19.3 Å². The smallest absolute Gasteiger partial charge is 0.309 e. The van der Waals surface area contributed by atoms with Crippen LogP contribution in [0.25, 0.3) is 0 Å². The summed E-state index contributed by atoms with van der Waals surface area (Å²) in [7, 11) is 0. The second kappa shape index (κ2) is 4.95. The average Bonchev–Trinajstić information content (AvgIpc) is 2.97. The van der Waals surface area contributed by atoms with E-state index in [1.54, 1.807) is 0 Å². The molecule has 1 atom stereocenters. The molecular formula is C9H16N2O3. The van der Waals surface area contributed by atoms with Crippen molar-refractivity contribution in [3.8, 4) is 0 Å². The fraction of sp³-hybridized carbons (Fsp3) is 0.778. The highest BCUT2D eigenvalue weighted by Crippen LogP contribution is 2.18. The summed E-state index contributed by atoms with van der Waals surface area (Å²) in [6.07, 6.45) is 2.52. The van der Waals surface area contributed by atoms with E-state index in [1.807, 2.05) is 6.92 Å². The third kappa shape index (κ3) is 3.33. The lowest BCUT2D eigenvalue weighted by molar-refractivity contribution is -0.139. The van der Waals surface area contributed by atoms with Gasteiger partial charge in [-0.3, -0.25) is 9.59 Å². The molecule has 1 saturated carbocycles. The summed E-state index contributed by atoms with van der Waals surface area (Å²) in [4.78, 5) is 22.4. The van der Waals surface area contributed by atoms with E-state index in [-0.39, 0.29) is 18.7 Å². The first-order chi connectivity index (χ1) is 6.67. The Bertz CT molecular complexity index is 222. The molecule has 5 heteroatoms.